The number of benzene rings is 1. The minimum Gasteiger partial charge on any atom is -0.438 e. The number of ether oxygens (including phenoxy) is 1. The van der Waals surface area contributed by atoms with Crippen LogP contribution >= 0.6 is 0 Å². The molecule has 1 aromatic heterocycles. The molecule has 0 radical (unpaired) electrons. The largest absolute Gasteiger partial charge is 0.438 e. The summed E-state index contributed by atoms with van der Waals surface area (Å²) >= 11 is 0. The summed E-state index contributed by atoms with van der Waals surface area (Å²) in [5.74, 6) is 1.23. The zero-order valence-electron chi connectivity index (χ0n) is 14.1. The number of likely N-dealkylation sites (tertiary alicyclic amines) is 1. The van der Waals surface area contributed by atoms with Gasteiger partial charge in [0.05, 0.1) is 18.3 Å². The van der Waals surface area contributed by atoms with Crippen molar-refractivity contribution in [2.45, 2.75) is 25.0 Å². The van der Waals surface area contributed by atoms with Gasteiger partial charge in [-0.3, -0.25) is 9.88 Å². The number of rotatable bonds is 4. The Morgan fingerprint density at radius 1 is 1.28 bits per heavy atom. The van der Waals surface area contributed by atoms with Crippen LogP contribution in [0.3, 0.4) is 0 Å². The summed E-state index contributed by atoms with van der Waals surface area (Å²) in [7, 11) is 1.88. The van der Waals surface area contributed by atoms with Crippen molar-refractivity contribution in [1.82, 2.24) is 25.1 Å². The van der Waals surface area contributed by atoms with Gasteiger partial charge in [0.1, 0.15) is 5.75 Å². The zero-order chi connectivity index (χ0) is 17.2. The summed E-state index contributed by atoms with van der Waals surface area (Å²) in [5, 5.41) is 3.07. The number of hydrogen-bond acceptors (Lipinski definition) is 5. The lowest BCUT2D eigenvalue weighted by atomic mass is 10.00. The molecular weight excluding hydrogens is 318 g/mol. The monoisotopic (exact) mass is 339 g/mol. The van der Waals surface area contributed by atoms with E-state index < -0.39 is 0 Å². The van der Waals surface area contributed by atoms with Crippen LogP contribution in [0.2, 0.25) is 0 Å². The lowest BCUT2D eigenvalue weighted by Crippen LogP contribution is -2.50. The number of amides is 2. The number of likely N-dealkylation sites (N-methyl/N-ethyl adjacent to an activating group) is 1. The summed E-state index contributed by atoms with van der Waals surface area (Å²) in [6.07, 6.45) is 5.81. The molecule has 25 heavy (non-hydrogen) atoms. The van der Waals surface area contributed by atoms with Crippen molar-refractivity contribution in [3.63, 3.8) is 0 Å². The number of carbonyl (C=O) groups excluding carboxylic acids is 1. The Hall–Kier alpha value is -2.67. The van der Waals surface area contributed by atoms with Gasteiger partial charge in [-0.25, -0.2) is 9.78 Å². The summed E-state index contributed by atoms with van der Waals surface area (Å²) < 4.78 is 5.66. The van der Waals surface area contributed by atoms with E-state index in [1.54, 1.807) is 18.6 Å². The van der Waals surface area contributed by atoms with Gasteiger partial charge in [-0.1, -0.05) is 12.1 Å². The number of urea groups is 1. The average molecular weight is 339 g/mol. The predicted molar refractivity (Wildman–Crippen MR) is 92.3 cm³/mol. The van der Waals surface area contributed by atoms with Gasteiger partial charge in [-0.05, 0) is 24.1 Å². The van der Waals surface area contributed by atoms with Gasteiger partial charge in [0, 0.05) is 39.1 Å². The van der Waals surface area contributed by atoms with Crippen LogP contribution in [-0.2, 0) is 6.54 Å². The van der Waals surface area contributed by atoms with Gasteiger partial charge in [-0.2, -0.15) is 0 Å². The molecule has 2 aliphatic heterocycles. The molecule has 7 nitrogen and oxygen atoms in total. The van der Waals surface area contributed by atoms with E-state index in [4.69, 9.17) is 4.74 Å². The zero-order valence-corrected chi connectivity index (χ0v) is 14.1. The molecule has 1 N–H and O–H groups in total. The average Bonchev–Trinajstić information content (AvgIpc) is 2.91. The van der Waals surface area contributed by atoms with Crippen molar-refractivity contribution in [3.05, 3.63) is 48.4 Å². The van der Waals surface area contributed by atoms with Crippen LogP contribution in [0, 0.1) is 0 Å². The van der Waals surface area contributed by atoms with E-state index in [2.05, 4.69) is 32.3 Å². The molecule has 0 spiro atoms. The molecule has 130 valence electrons. The SMILES string of the molecule is CN1C(=O)N[C@@H]2CN(Cc3ccc(Oc4cnccn4)cc3)CC[C@@H]21. The predicted octanol–water partition coefficient (Wildman–Crippen LogP) is 1.87. The molecule has 0 unspecified atom stereocenters. The van der Waals surface area contributed by atoms with E-state index in [1.165, 1.54) is 5.56 Å². The Morgan fingerprint density at radius 2 is 2.12 bits per heavy atom. The molecule has 0 saturated carbocycles. The quantitative estimate of drug-likeness (QED) is 0.921. The Balaban J connectivity index is 1.35. The fourth-order valence-corrected chi connectivity index (χ4v) is 3.55. The minimum atomic E-state index is 0.0439. The van der Waals surface area contributed by atoms with E-state index in [-0.39, 0.29) is 12.1 Å². The molecule has 0 aliphatic carbocycles. The van der Waals surface area contributed by atoms with Gasteiger partial charge >= 0.3 is 6.03 Å². The van der Waals surface area contributed by atoms with Crippen LogP contribution in [0.5, 0.6) is 11.6 Å². The maximum atomic E-state index is 11.8. The number of hydrogen-bond donors (Lipinski definition) is 1. The third-order valence-electron chi connectivity index (χ3n) is 4.88. The van der Waals surface area contributed by atoms with Gasteiger partial charge in [0.25, 0.3) is 0 Å². The van der Waals surface area contributed by atoms with Gasteiger partial charge in [-0.15, -0.1) is 0 Å². The Bertz CT molecular complexity index is 737. The van der Waals surface area contributed by atoms with Gasteiger partial charge in [0.2, 0.25) is 5.88 Å². The molecule has 2 saturated heterocycles. The topological polar surface area (TPSA) is 70.6 Å². The lowest BCUT2D eigenvalue weighted by Gasteiger charge is -2.35. The molecule has 2 fully saturated rings. The van der Waals surface area contributed by atoms with Crippen LogP contribution in [0.4, 0.5) is 4.79 Å². The Labute approximate surface area is 146 Å². The van der Waals surface area contributed by atoms with Crippen LogP contribution in [0.15, 0.2) is 42.9 Å². The number of carbonyl (C=O) groups is 1. The number of nitrogens with zero attached hydrogens (tertiary/aromatic N) is 4. The fourth-order valence-electron chi connectivity index (χ4n) is 3.55. The molecule has 2 atom stereocenters. The van der Waals surface area contributed by atoms with Crippen molar-refractivity contribution in [3.8, 4) is 11.6 Å². The number of nitrogens with one attached hydrogen (secondary N) is 1. The van der Waals surface area contributed by atoms with Crippen LogP contribution in [0.25, 0.3) is 0 Å². The molecule has 4 rings (SSSR count). The first kappa shape index (κ1) is 15.8. The first-order valence-electron chi connectivity index (χ1n) is 8.47. The maximum absolute atomic E-state index is 11.8. The summed E-state index contributed by atoms with van der Waals surface area (Å²) in [5.41, 5.74) is 1.22. The highest BCUT2D eigenvalue weighted by Gasteiger charge is 2.40. The second-order valence-electron chi connectivity index (χ2n) is 6.55. The third-order valence-corrected chi connectivity index (χ3v) is 4.88. The highest BCUT2D eigenvalue weighted by Crippen LogP contribution is 2.24. The van der Waals surface area contributed by atoms with Crippen LogP contribution in [0.1, 0.15) is 12.0 Å². The molecule has 2 amide bonds. The van der Waals surface area contributed by atoms with Gasteiger partial charge in [0.15, 0.2) is 0 Å². The summed E-state index contributed by atoms with van der Waals surface area (Å²) in [6, 6.07) is 8.62. The second-order valence-corrected chi connectivity index (χ2v) is 6.55. The molecule has 3 heterocycles. The van der Waals surface area contributed by atoms with E-state index in [1.807, 2.05) is 24.1 Å². The van der Waals surface area contributed by atoms with E-state index in [0.717, 1.165) is 31.8 Å². The summed E-state index contributed by atoms with van der Waals surface area (Å²) in [6.45, 7) is 2.76. The van der Waals surface area contributed by atoms with Crippen molar-refractivity contribution in [2.75, 3.05) is 20.1 Å². The Morgan fingerprint density at radius 3 is 2.88 bits per heavy atom. The number of aromatic nitrogens is 2. The van der Waals surface area contributed by atoms with Crippen LogP contribution < -0.4 is 10.1 Å². The molecule has 7 heteroatoms. The minimum absolute atomic E-state index is 0.0439. The van der Waals surface area contributed by atoms with E-state index in [9.17, 15) is 4.79 Å². The Kier molecular flexibility index (Phi) is 4.23. The highest BCUT2D eigenvalue weighted by molar-refractivity contribution is 5.77. The first-order chi connectivity index (χ1) is 12.2. The lowest BCUT2D eigenvalue weighted by molar-refractivity contribution is 0.147. The smallest absolute Gasteiger partial charge is 0.317 e. The first-order valence-corrected chi connectivity index (χ1v) is 8.47. The molecular formula is C18H21N5O2. The second kappa shape index (κ2) is 6.68. The van der Waals surface area contributed by atoms with Crippen molar-refractivity contribution in [1.29, 1.82) is 0 Å². The number of fused-ring (bicyclic) bond motifs is 1. The third kappa shape index (κ3) is 3.41. The number of piperidine rings is 1. The van der Waals surface area contributed by atoms with Crippen molar-refractivity contribution < 1.29 is 9.53 Å². The molecule has 2 aromatic rings. The standard InChI is InChI=1S/C18H21N5O2/c1-22-16-6-9-23(12-15(16)21-18(22)24)11-13-2-4-14(5-3-13)25-17-10-19-7-8-20-17/h2-5,7-8,10,15-16H,6,9,11-12H2,1H3,(H,21,24)/t15-,16+/m1/s1. The highest BCUT2D eigenvalue weighted by atomic mass is 16.5. The van der Waals surface area contributed by atoms with Crippen molar-refractivity contribution >= 4 is 6.03 Å². The fraction of sp³-hybridized carbons (Fsp3) is 0.389. The molecule has 1 aromatic carbocycles. The summed E-state index contributed by atoms with van der Waals surface area (Å²) in [4.78, 5) is 24.1. The molecule has 0 bridgehead atoms. The van der Waals surface area contributed by atoms with Crippen LogP contribution in [-0.4, -0.2) is 58.0 Å². The van der Waals surface area contributed by atoms with E-state index >= 15 is 0 Å². The van der Waals surface area contributed by atoms with E-state index in [0.29, 0.717) is 11.9 Å². The maximum Gasteiger partial charge on any atom is 0.317 e. The molecule has 2 aliphatic rings. The van der Waals surface area contributed by atoms with Gasteiger partial charge < -0.3 is 15.0 Å². The van der Waals surface area contributed by atoms with Crippen molar-refractivity contribution in [2.24, 2.45) is 0 Å². The normalized spacial score (nSPS) is 23.2.